The Morgan fingerprint density at radius 2 is 1.46 bits per heavy atom. The molecule has 9 heteroatoms. The average molecular weight is 360 g/mol. The minimum Gasteiger partial charge on any atom is -0.496 e. The molecule has 0 saturated carbocycles. The zero-order chi connectivity index (χ0) is 19.1. The topological polar surface area (TPSA) is 134 Å². The van der Waals surface area contributed by atoms with E-state index in [0.717, 1.165) is 0 Å². The highest BCUT2D eigenvalue weighted by Gasteiger charge is 2.25. The molecule has 1 aromatic carbocycles. The van der Waals surface area contributed by atoms with Crippen molar-refractivity contribution in [3.63, 3.8) is 0 Å². The maximum Gasteiger partial charge on any atom is 0.371 e. The average Bonchev–Trinajstić information content (AvgIpc) is 3.21. The van der Waals surface area contributed by atoms with Crippen LogP contribution in [-0.2, 0) is 0 Å². The van der Waals surface area contributed by atoms with Crippen molar-refractivity contribution in [2.45, 2.75) is 0 Å². The number of hydrogen-bond acceptors (Lipinski definition) is 8. The first-order valence-corrected chi connectivity index (χ1v) is 7.22. The van der Waals surface area contributed by atoms with Crippen molar-refractivity contribution in [3.05, 3.63) is 59.6 Å². The van der Waals surface area contributed by atoms with E-state index in [9.17, 15) is 4.79 Å². The van der Waals surface area contributed by atoms with Crippen molar-refractivity contribution in [1.29, 1.82) is 0 Å². The molecule has 0 fully saturated rings. The van der Waals surface area contributed by atoms with Crippen LogP contribution in [0.4, 0.5) is 0 Å². The van der Waals surface area contributed by atoms with Gasteiger partial charge in [-0.15, -0.1) is 0 Å². The van der Waals surface area contributed by atoms with Crippen LogP contribution >= 0.6 is 0 Å². The lowest BCUT2D eigenvalue weighted by atomic mass is 9.92. The smallest absolute Gasteiger partial charge is 0.371 e. The van der Waals surface area contributed by atoms with Crippen LogP contribution < -0.4 is 9.47 Å². The van der Waals surface area contributed by atoms with E-state index >= 15 is 0 Å². The molecule has 0 bridgehead atoms. The van der Waals surface area contributed by atoms with Gasteiger partial charge in [-0.05, 0) is 36.4 Å². The molecular weight excluding hydrogens is 344 g/mol. The largest absolute Gasteiger partial charge is 0.496 e. The highest BCUT2D eigenvalue weighted by molar-refractivity contribution is 6.27. The zero-order valence-corrected chi connectivity index (χ0v) is 13.9. The predicted molar refractivity (Wildman–Crippen MR) is 91.0 cm³/mol. The Morgan fingerprint density at radius 3 is 1.73 bits per heavy atom. The summed E-state index contributed by atoms with van der Waals surface area (Å²) in [6.07, 6.45) is 4.38. The third-order valence-electron chi connectivity index (χ3n) is 3.43. The number of carbonyl (C=O) groups is 1. The SMILES string of the molecule is COc1ccc(OC)c2c1C(=NO)C=CC2=NO.O=C(O)c1ccco1. The molecule has 0 atom stereocenters. The molecule has 0 saturated heterocycles. The first kappa shape index (κ1) is 18.6. The van der Waals surface area contributed by atoms with Gasteiger partial charge in [0.15, 0.2) is 0 Å². The quantitative estimate of drug-likeness (QED) is 0.566. The van der Waals surface area contributed by atoms with Crippen LogP contribution in [0.2, 0.25) is 0 Å². The van der Waals surface area contributed by atoms with Crippen molar-refractivity contribution >= 4 is 17.4 Å². The summed E-state index contributed by atoms with van der Waals surface area (Å²) in [6.45, 7) is 0. The second kappa shape index (κ2) is 8.38. The molecule has 3 rings (SSSR count). The molecule has 0 unspecified atom stereocenters. The number of nitrogens with zero attached hydrogens (tertiary/aromatic N) is 2. The Kier molecular flexibility index (Phi) is 5.99. The standard InChI is InChI=1S/C12H12N2O4.C5H4O3/c1-17-9-5-6-10(18-2)12-8(14-16)4-3-7(13-15)11(9)12;6-5(7)4-2-1-3-8-4/h3-6,15-16H,1-2H3;1-3H,(H,6,7). The molecule has 1 aliphatic rings. The third kappa shape index (κ3) is 3.66. The molecule has 2 aromatic rings. The van der Waals surface area contributed by atoms with Crippen LogP contribution in [-0.4, -0.2) is 47.1 Å². The molecule has 0 spiro atoms. The van der Waals surface area contributed by atoms with E-state index < -0.39 is 5.97 Å². The van der Waals surface area contributed by atoms with E-state index in [1.165, 1.54) is 44.8 Å². The number of ether oxygens (including phenoxy) is 2. The van der Waals surface area contributed by atoms with Crippen LogP contribution in [0, 0.1) is 0 Å². The van der Waals surface area contributed by atoms with E-state index in [1.807, 2.05) is 0 Å². The Bertz CT molecular complexity index is 818. The molecule has 3 N–H and O–H groups in total. The van der Waals surface area contributed by atoms with E-state index in [1.54, 1.807) is 12.1 Å². The second-order valence-electron chi connectivity index (χ2n) is 4.81. The fourth-order valence-electron chi connectivity index (χ4n) is 2.30. The van der Waals surface area contributed by atoms with Gasteiger partial charge in [-0.2, -0.15) is 0 Å². The van der Waals surface area contributed by atoms with Gasteiger partial charge < -0.3 is 29.4 Å². The van der Waals surface area contributed by atoms with Gasteiger partial charge >= 0.3 is 5.97 Å². The normalized spacial score (nSPS) is 15.2. The fraction of sp³-hybridized carbons (Fsp3) is 0.118. The van der Waals surface area contributed by atoms with Crippen molar-refractivity contribution in [2.75, 3.05) is 14.2 Å². The summed E-state index contributed by atoms with van der Waals surface area (Å²) in [5.74, 6) is -0.0480. The van der Waals surface area contributed by atoms with Crippen LogP contribution in [0.5, 0.6) is 11.5 Å². The Hall–Kier alpha value is -3.75. The highest BCUT2D eigenvalue weighted by atomic mass is 16.5. The number of carboxylic acids is 1. The molecule has 0 amide bonds. The first-order valence-electron chi connectivity index (χ1n) is 7.22. The maximum atomic E-state index is 9.97. The van der Waals surface area contributed by atoms with E-state index in [4.69, 9.17) is 25.0 Å². The summed E-state index contributed by atoms with van der Waals surface area (Å²) in [6, 6.07) is 6.31. The lowest BCUT2D eigenvalue weighted by Gasteiger charge is -2.19. The molecule has 1 heterocycles. The van der Waals surface area contributed by atoms with Crippen molar-refractivity contribution < 1.29 is 34.2 Å². The Balaban J connectivity index is 0.000000254. The van der Waals surface area contributed by atoms with E-state index in [2.05, 4.69) is 14.7 Å². The van der Waals surface area contributed by atoms with E-state index in [-0.39, 0.29) is 5.76 Å². The van der Waals surface area contributed by atoms with Gasteiger partial charge in [0.25, 0.3) is 0 Å². The molecule has 26 heavy (non-hydrogen) atoms. The lowest BCUT2D eigenvalue weighted by molar-refractivity contribution is 0.0662. The molecule has 0 radical (unpaired) electrons. The van der Waals surface area contributed by atoms with Gasteiger partial charge in [-0.3, -0.25) is 0 Å². The molecule has 1 aliphatic carbocycles. The lowest BCUT2D eigenvalue weighted by Crippen LogP contribution is -2.16. The minimum atomic E-state index is -1.03. The summed E-state index contributed by atoms with van der Waals surface area (Å²) in [7, 11) is 3.01. The molecule has 136 valence electrons. The van der Waals surface area contributed by atoms with Crippen LogP contribution in [0.1, 0.15) is 21.7 Å². The van der Waals surface area contributed by atoms with Gasteiger partial charge in [0.05, 0.1) is 31.6 Å². The maximum absolute atomic E-state index is 9.97. The molecule has 1 aromatic heterocycles. The van der Waals surface area contributed by atoms with Crippen molar-refractivity contribution in [2.24, 2.45) is 10.3 Å². The number of furan rings is 1. The number of benzene rings is 1. The second-order valence-corrected chi connectivity index (χ2v) is 4.81. The number of carboxylic acid groups (broad SMARTS) is 1. The number of aromatic carboxylic acids is 1. The fourth-order valence-corrected chi connectivity index (χ4v) is 2.30. The van der Waals surface area contributed by atoms with Crippen molar-refractivity contribution in [3.8, 4) is 11.5 Å². The summed E-state index contributed by atoms with van der Waals surface area (Å²) < 4.78 is 14.9. The van der Waals surface area contributed by atoms with Crippen LogP contribution in [0.3, 0.4) is 0 Å². The third-order valence-corrected chi connectivity index (χ3v) is 3.43. The molecule has 0 aliphatic heterocycles. The van der Waals surface area contributed by atoms with Gasteiger partial charge in [0.2, 0.25) is 5.76 Å². The van der Waals surface area contributed by atoms with Gasteiger partial charge in [0, 0.05) is 0 Å². The van der Waals surface area contributed by atoms with Gasteiger partial charge in [-0.1, -0.05) is 10.3 Å². The van der Waals surface area contributed by atoms with E-state index in [0.29, 0.717) is 34.0 Å². The monoisotopic (exact) mass is 360 g/mol. The van der Waals surface area contributed by atoms with Gasteiger partial charge in [0.1, 0.15) is 22.9 Å². The first-order chi connectivity index (χ1) is 12.6. The number of hydrogen-bond donors (Lipinski definition) is 3. The summed E-state index contributed by atoms with van der Waals surface area (Å²) >= 11 is 0. The predicted octanol–water partition coefficient (Wildman–Crippen LogP) is 2.61. The number of methoxy groups -OCH3 is 2. The zero-order valence-electron chi connectivity index (χ0n) is 13.9. The Labute approximate surface area is 148 Å². The number of allylic oxidation sites excluding steroid dienone is 2. The highest BCUT2D eigenvalue weighted by Crippen LogP contribution is 2.34. The van der Waals surface area contributed by atoms with Crippen LogP contribution in [0.25, 0.3) is 0 Å². The van der Waals surface area contributed by atoms with Crippen molar-refractivity contribution in [1.82, 2.24) is 0 Å². The van der Waals surface area contributed by atoms with Crippen LogP contribution in [0.15, 0.2) is 57.4 Å². The number of oxime groups is 2. The van der Waals surface area contributed by atoms with Gasteiger partial charge in [-0.25, -0.2) is 4.79 Å². The number of fused-ring (bicyclic) bond motifs is 1. The summed E-state index contributed by atoms with van der Waals surface area (Å²) in [5, 5.41) is 32.6. The molecular formula is C17H16N2O7. The minimum absolute atomic E-state index is 0.0231. The molecule has 9 nitrogen and oxygen atoms in total. The summed E-state index contributed by atoms with van der Waals surface area (Å²) in [4.78, 5) is 9.97. The Morgan fingerprint density at radius 1 is 0.962 bits per heavy atom. The summed E-state index contributed by atoms with van der Waals surface area (Å²) in [5.41, 5.74) is 1.67. The number of rotatable bonds is 3.